The third kappa shape index (κ3) is 53.8. The summed E-state index contributed by atoms with van der Waals surface area (Å²) in [6.07, 6.45) is 49.2. The van der Waals surface area contributed by atoms with Crippen LogP contribution in [-0.4, -0.2) is 44.4 Å². The zero-order valence-electron chi connectivity index (χ0n) is 29.4. The Bertz CT molecular complexity index is 553. The molecule has 0 aliphatic carbocycles. The molecular formula is C39H76O4. The third-order valence-corrected chi connectivity index (χ3v) is 7.02. The van der Waals surface area contributed by atoms with Gasteiger partial charge in [-0.05, 0) is 77.0 Å². The summed E-state index contributed by atoms with van der Waals surface area (Å²) in [6, 6.07) is 0. The summed E-state index contributed by atoms with van der Waals surface area (Å²) in [4.78, 5) is 0. The van der Waals surface area contributed by atoms with E-state index in [1.54, 1.807) is 7.11 Å². The molecule has 0 aromatic rings. The predicted octanol–water partition coefficient (Wildman–Crippen LogP) is 11.8. The van der Waals surface area contributed by atoms with Crippen molar-refractivity contribution in [3.05, 3.63) is 48.6 Å². The normalized spacial score (nSPS) is 11.5. The van der Waals surface area contributed by atoms with Crippen molar-refractivity contribution in [2.45, 2.75) is 168 Å². The Morgan fingerprint density at radius 2 is 0.721 bits per heavy atom. The average molecular weight is 609 g/mol. The van der Waals surface area contributed by atoms with Gasteiger partial charge in [0.2, 0.25) is 0 Å². The van der Waals surface area contributed by atoms with E-state index in [-0.39, 0.29) is 6.61 Å². The van der Waals surface area contributed by atoms with E-state index in [1.165, 1.54) is 141 Å². The van der Waals surface area contributed by atoms with E-state index in [0.29, 0.717) is 6.79 Å². The number of aliphatic hydroxyl groups is 2. The van der Waals surface area contributed by atoms with Gasteiger partial charge in [-0.15, -0.1) is 0 Å². The molecule has 0 aromatic carbocycles. The summed E-state index contributed by atoms with van der Waals surface area (Å²) < 4.78 is 10.0. The molecule has 0 bridgehead atoms. The maximum Gasteiger partial charge on any atom is 0.146 e. The highest BCUT2D eigenvalue weighted by Gasteiger charge is 1.91. The number of ether oxygens (including phenoxy) is 2. The molecule has 43 heavy (non-hydrogen) atoms. The monoisotopic (exact) mass is 609 g/mol. The summed E-state index contributed by atoms with van der Waals surface area (Å²) in [5, 5.41) is 15.6. The van der Waals surface area contributed by atoms with E-state index >= 15 is 0 Å². The maximum atomic E-state index is 8.61. The molecule has 4 nitrogen and oxygen atoms in total. The summed E-state index contributed by atoms with van der Waals surface area (Å²) in [7, 11) is 2.65. The molecule has 0 fully saturated rings. The Hall–Kier alpha value is -1.20. The SMILES string of the molecule is CCCC/C=C/CCCCCCCC/C=C\CCO.CCCC/C=C/CCCCCCCC/C=C\CCOCOC.CO. The van der Waals surface area contributed by atoms with Gasteiger partial charge in [-0.2, -0.15) is 0 Å². The largest absolute Gasteiger partial charge is 0.400 e. The fourth-order valence-electron chi connectivity index (χ4n) is 4.42. The second-order valence-corrected chi connectivity index (χ2v) is 11.2. The van der Waals surface area contributed by atoms with Crippen molar-refractivity contribution in [2.24, 2.45) is 0 Å². The highest BCUT2D eigenvalue weighted by atomic mass is 16.7. The lowest BCUT2D eigenvalue weighted by molar-refractivity contribution is -0.0285. The molecule has 0 spiro atoms. The van der Waals surface area contributed by atoms with Gasteiger partial charge in [-0.3, -0.25) is 0 Å². The lowest BCUT2D eigenvalue weighted by Crippen LogP contribution is -1.96. The number of aliphatic hydroxyl groups excluding tert-OH is 2. The van der Waals surface area contributed by atoms with Crippen LogP contribution in [0, 0.1) is 0 Å². The van der Waals surface area contributed by atoms with Gasteiger partial charge in [-0.25, -0.2) is 0 Å². The van der Waals surface area contributed by atoms with Crippen LogP contribution in [0.3, 0.4) is 0 Å². The fourth-order valence-corrected chi connectivity index (χ4v) is 4.42. The van der Waals surface area contributed by atoms with Crippen LogP contribution in [0.25, 0.3) is 0 Å². The topological polar surface area (TPSA) is 58.9 Å². The standard InChI is InChI=1S/C20H38O2.C18H34O.CH4O/c1-3-4-5-6-7-8-9-10-11-12-13-14-15-16-17-18-19-22-20-21-2;1-2-3-4-5-6-7-8-9-10-11-12-13-14-15-16-17-18-19;1-2/h6-7,16-17H,3-5,8-15,18-20H2,1-2H3;5-6,15-16,19H,2-4,7-14,17-18H2,1H3;2H,1H3/b7-6+,17-16-;6-5+,16-15-;. The zero-order valence-corrected chi connectivity index (χ0v) is 29.4. The summed E-state index contributed by atoms with van der Waals surface area (Å²) in [5.74, 6) is 0. The van der Waals surface area contributed by atoms with Crippen LogP contribution in [0.2, 0.25) is 0 Å². The molecule has 0 saturated heterocycles. The molecule has 0 saturated carbocycles. The quantitative estimate of drug-likeness (QED) is 0.0467. The molecule has 256 valence electrons. The Morgan fingerprint density at radius 1 is 0.419 bits per heavy atom. The second-order valence-electron chi connectivity index (χ2n) is 11.2. The number of hydrogen-bond acceptors (Lipinski definition) is 4. The van der Waals surface area contributed by atoms with Gasteiger partial charge in [0.15, 0.2) is 0 Å². The first-order valence-corrected chi connectivity index (χ1v) is 18.1. The lowest BCUT2D eigenvalue weighted by Gasteiger charge is -2.00. The summed E-state index contributed by atoms with van der Waals surface area (Å²) in [5.41, 5.74) is 0. The van der Waals surface area contributed by atoms with E-state index in [1.807, 2.05) is 0 Å². The summed E-state index contributed by atoms with van der Waals surface area (Å²) >= 11 is 0. The molecule has 0 atom stereocenters. The highest BCUT2D eigenvalue weighted by Crippen LogP contribution is 2.11. The third-order valence-electron chi connectivity index (χ3n) is 7.02. The second kappa shape index (κ2) is 50.4. The van der Waals surface area contributed by atoms with Crippen molar-refractivity contribution in [1.29, 1.82) is 0 Å². The van der Waals surface area contributed by atoms with Gasteiger partial charge in [0.05, 0.1) is 6.61 Å². The van der Waals surface area contributed by atoms with Crippen LogP contribution >= 0.6 is 0 Å². The average Bonchev–Trinajstić information content (AvgIpc) is 3.03. The predicted molar refractivity (Wildman–Crippen MR) is 192 cm³/mol. The molecule has 0 aliphatic heterocycles. The van der Waals surface area contributed by atoms with Crippen LogP contribution in [0.1, 0.15) is 168 Å². The molecule has 0 aromatic heterocycles. The van der Waals surface area contributed by atoms with Gasteiger partial charge >= 0.3 is 0 Å². The zero-order chi connectivity index (χ0) is 32.2. The minimum absolute atomic E-state index is 0.281. The van der Waals surface area contributed by atoms with Crippen molar-refractivity contribution in [2.75, 3.05) is 34.2 Å². The number of rotatable bonds is 31. The first-order chi connectivity index (χ1) is 21.3. The maximum absolute atomic E-state index is 8.61. The molecule has 0 aliphatic rings. The molecule has 0 unspecified atom stereocenters. The van der Waals surface area contributed by atoms with Crippen molar-refractivity contribution in [3.8, 4) is 0 Å². The van der Waals surface area contributed by atoms with Crippen LogP contribution < -0.4 is 0 Å². The van der Waals surface area contributed by atoms with E-state index in [2.05, 4.69) is 62.5 Å². The molecule has 4 heteroatoms. The van der Waals surface area contributed by atoms with Crippen molar-refractivity contribution < 1.29 is 19.7 Å². The first kappa shape index (κ1) is 46.2. The van der Waals surface area contributed by atoms with E-state index in [0.717, 1.165) is 26.6 Å². The molecule has 0 rings (SSSR count). The molecule has 0 amide bonds. The molecule has 0 radical (unpaired) electrons. The molecule has 0 heterocycles. The van der Waals surface area contributed by atoms with E-state index in [4.69, 9.17) is 19.7 Å². The van der Waals surface area contributed by atoms with Gasteiger partial charge in [0.1, 0.15) is 6.79 Å². The fraction of sp³-hybridized carbons (Fsp3) is 0.795. The van der Waals surface area contributed by atoms with Crippen LogP contribution in [-0.2, 0) is 9.47 Å². The minimum atomic E-state index is 0.281. The van der Waals surface area contributed by atoms with Gasteiger partial charge < -0.3 is 19.7 Å². The Morgan fingerprint density at radius 3 is 1.05 bits per heavy atom. The molecule has 2 N–H and O–H groups in total. The van der Waals surface area contributed by atoms with Crippen molar-refractivity contribution in [1.82, 2.24) is 0 Å². The number of hydrogen-bond donors (Lipinski definition) is 2. The first-order valence-electron chi connectivity index (χ1n) is 18.1. The Labute approximate surface area is 270 Å². The van der Waals surface area contributed by atoms with Crippen LogP contribution in [0.15, 0.2) is 48.6 Å². The number of methoxy groups -OCH3 is 1. The van der Waals surface area contributed by atoms with Crippen LogP contribution in [0.4, 0.5) is 0 Å². The van der Waals surface area contributed by atoms with E-state index in [9.17, 15) is 0 Å². The minimum Gasteiger partial charge on any atom is -0.400 e. The lowest BCUT2D eigenvalue weighted by atomic mass is 10.1. The summed E-state index contributed by atoms with van der Waals surface area (Å²) in [6.45, 7) is 5.94. The Kier molecular flexibility index (Phi) is 54.2. The van der Waals surface area contributed by atoms with Gasteiger partial charge in [0.25, 0.3) is 0 Å². The van der Waals surface area contributed by atoms with E-state index < -0.39 is 0 Å². The molecular weight excluding hydrogens is 532 g/mol. The van der Waals surface area contributed by atoms with Crippen LogP contribution in [0.5, 0.6) is 0 Å². The van der Waals surface area contributed by atoms with Gasteiger partial charge in [0, 0.05) is 20.8 Å². The smallest absolute Gasteiger partial charge is 0.146 e. The van der Waals surface area contributed by atoms with Crippen molar-refractivity contribution >= 4 is 0 Å². The van der Waals surface area contributed by atoms with Gasteiger partial charge in [-0.1, -0.05) is 140 Å². The number of unbranched alkanes of at least 4 members (excludes halogenated alkanes) is 18. The number of allylic oxidation sites excluding steroid dienone is 6. The Balaban J connectivity index is -0.000000710. The van der Waals surface area contributed by atoms with Crippen molar-refractivity contribution in [3.63, 3.8) is 0 Å². The highest BCUT2D eigenvalue weighted by molar-refractivity contribution is 4.83.